The van der Waals surface area contributed by atoms with E-state index in [1.807, 2.05) is 62.6 Å². The molecule has 0 amide bonds. The number of nitrogens with zero attached hydrogens (tertiary/aromatic N) is 6. The van der Waals surface area contributed by atoms with Crippen molar-refractivity contribution < 1.29 is 4.74 Å². The summed E-state index contributed by atoms with van der Waals surface area (Å²) >= 11 is 6.78. The van der Waals surface area contributed by atoms with E-state index in [-0.39, 0.29) is 6.04 Å². The first-order chi connectivity index (χ1) is 16.1. The van der Waals surface area contributed by atoms with Gasteiger partial charge in [-0.25, -0.2) is 14.6 Å². The van der Waals surface area contributed by atoms with E-state index in [4.69, 9.17) is 21.4 Å². The normalized spacial score (nSPS) is 12.1. The third-order valence-corrected chi connectivity index (χ3v) is 6.66. The minimum absolute atomic E-state index is 0.185. The Hall–Kier alpha value is -3.45. The SMILES string of the molecule is C=C(c1cc(-c2c(C)c(Cl)cc(C(C)n3nc(C)c4c(C)ncnc43)c2OC)ccn1)N(C)C. The Bertz CT molecular complexity index is 1410. The number of ether oxygens (including phenoxy) is 1. The number of hydrogen-bond donors (Lipinski definition) is 0. The van der Waals surface area contributed by atoms with Gasteiger partial charge >= 0.3 is 0 Å². The fourth-order valence-corrected chi connectivity index (χ4v) is 4.53. The lowest BCUT2D eigenvalue weighted by Crippen LogP contribution is -2.12. The molecule has 0 N–H and O–H groups in total. The van der Waals surface area contributed by atoms with Gasteiger partial charge in [-0.05, 0) is 57.0 Å². The summed E-state index contributed by atoms with van der Waals surface area (Å²) in [6.07, 6.45) is 3.36. The molecule has 1 aromatic carbocycles. The number of hydrogen-bond acceptors (Lipinski definition) is 6. The standard InChI is InChI=1S/C26H29ClN6O/c1-14-21(27)12-20(17(4)33-26-24(16(3)31-33)15(2)29-13-30-26)25(34-8)23(14)19-9-10-28-22(11-19)18(5)32(6)7/h9-13,17H,5H2,1-4,6-8H3. The van der Waals surface area contributed by atoms with Gasteiger partial charge in [-0.3, -0.25) is 4.98 Å². The van der Waals surface area contributed by atoms with Crippen LogP contribution in [-0.2, 0) is 0 Å². The minimum atomic E-state index is -0.185. The number of rotatable bonds is 6. The first-order valence-corrected chi connectivity index (χ1v) is 11.4. The molecule has 0 bridgehead atoms. The molecule has 0 saturated heterocycles. The second-order valence-electron chi connectivity index (χ2n) is 8.62. The smallest absolute Gasteiger partial charge is 0.162 e. The van der Waals surface area contributed by atoms with Gasteiger partial charge in [-0.2, -0.15) is 5.10 Å². The zero-order valence-electron chi connectivity index (χ0n) is 20.6. The van der Waals surface area contributed by atoms with Gasteiger partial charge in [0.25, 0.3) is 0 Å². The Morgan fingerprint density at radius 1 is 1.12 bits per heavy atom. The van der Waals surface area contributed by atoms with E-state index < -0.39 is 0 Å². The van der Waals surface area contributed by atoms with Gasteiger partial charge in [-0.15, -0.1) is 0 Å². The molecule has 34 heavy (non-hydrogen) atoms. The number of fused-ring (bicyclic) bond motifs is 1. The Balaban J connectivity index is 1.93. The molecular formula is C26H29ClN6O. The molecule has 1 unspecified atom stereocenters. The Kier molecular flexibility index (Phi) is 6.32. The Morgan fingerprint density at radius 3 is 2.53 bits per heavy atom. The van der Waals surface area contributed by atoms with Crippen LogP contribution in [0.2, 0.25) is 5.02 Å². The fourth-order valence-electron chi connectivity index (χ4n) is 4.31. The molecular weight excluding hydrogens is 448 g/mol. The molecule has 0 radical (unpaired) electrons. The van der Waals surface area contributed by atoms with E-state index in [9.17, 15) is 0 Å². The topological polar surface area (TPSA) is 69.0 Å². The van der Waals surface area contributed by atoms with Gasteiger partial charge in [-0.1, -0.05) is 18.2 Å². The molecule has 3 heterocycles. The number of halogens is 1. The lowest BCUT2D eigenvalue weighted by atomic mass is 9.93. The summed E-state index contributed by atoms with van der Waals surface area (Å²) in [6.45, 7) is 12.2. The maximum atomic E-state index is 6.78. The van der Waals surface area contributed by atoms with E-state index in [1.54, 1.807) is 19.6 Å². The van der Waals surface area contributed by atoms with Crippen molar-refractivity contribution in [3.05, 3.63) is 70.5 Å². The van der Waals surface area contributed by atoms with Crippen LogP contribution in [0.5, 0.6) is 5.75 Å². The summed E-state index contributed by atoms with van der Waals surface area (Å²) in [5.41, 5.74) is 7.91. The second-order valence-corrected chi connectivity index (χ2v) is 9.02. The van der Waals surface area contributed by atoms with E-state index in [2.05, 4.69) is 28.5 Å². The first-order valence-electron chi connectivity index (χ1n) is 11.0. The number of pyridine rings is 1. The zero-order chi connectivity index (χ0) is 24.7. The summed E-state index contributed by atoms with van der Waals surface area (Å²) < 4.78 is 7.93. The van der Waals surface area contributed by atoms with Crippen LogP contribution < -0.4 is 4.74 Å². The quantitative estimate of drug-likeness (QED) is 0.360. The van der Waals surface area contributed by atoms with E-state index in [1.165, 1.54) is 0 Å². The highest BCUT2D eigenvalue weighted by Crippen LogP contribution is 2.43. The van der Waals surface area contributed by atoms with Crippen LogP contribution in [-0.4, -0.2) is 50.8 Å². The molecule has 3 aromatic heterocycles. The lowest BCUT2D eigenvalue weighted by molar-refractivity contribution is 0.402. The third-order valence-electron chi connectivity index (χ3n) is 6.26. The number of benzene rings is 1. The van der Waals surface area contributed by atoms with Crippen molar-refractivity contribution in [2.45, 2.75) is 33.7 Å². The summed E-state index contributed by atoms with van der Waals surface area (Å²) in [4.78, 5) is 15.3. The van der Waals surface area contributed by atoms with E-state index in [0.29, 0.717) is 5.02 Å². The summed E-state index contributed by atoms with van der Waals surface area (Å²) in [7, 11) is 5.58. The van der Waals surface area contributed by atoms with Gasteiger partial charge in [0.15, 0.2) is 5.65 Å². The molecule has 0 aliphatic heterocycles. The van der Waals surface area contributed by atoms with Crippen molar-refractivity contribution in [1.82, 2.24) is 29.6 Å². The molecule has 0 fully saturated rings. The average molecular weight is 477 g/mol. The molecule has 0 aliphatic rings. The minimum Gasteiger partial charge on any atom is -0.496 e. The van der Waals surface area contributed by atoms with Gasteiger partial charge < -0.3 is 9.64 Å². The lowest BCUT2D eigenvalue weighted by Gasteiger charge is -2.23. The number of aryl methyl sites for hydroxylation is 2. The molecule has 176 valence electrons. The summed E-state index contributed by atoms with van der Waals surface area (Å²) in [5, 5.41) is 6.42. The fraction of sp³-hybridized carbons (Fsp3) is 0.308. The number of aromatic nitrogens is 5. The van der Waals surface area contributed by atoms with Crippen LogP contribution >= 0.6 is 11.6 Å². The molecule has 0 spiro atoms. The van der Waals surface area contributed by atoms with Crippen LogP contribution in [0.4, 0.5) is 0 Å². The summed E-state index contributed by atoms with van der Waals surface area (Å²) in [5.74, 6) is 0.745. The predicted octanol–water partition coefficient (Wildman–Crippen LogP) is 5.62. The molecule has 8 heteroatoms. The van der Waals surface area contributed by atoms with E-state index in [0.717, 1.165) is 61.8 Å². The Labute approximate surface area is 205 Å². The monoisotopic (exact) mass is 476 g/mol. The molecule has 7 nitrogen and oxygen atoms in total. The van der Waals surface area contributed by atoms with Crippen LogP contribution in [0.15, 0.2) is 37.3 Å². The molecule has 4 aromatic rings. The highest BCUT2D eigenvalue weighted by Gasteiger charge is 2.25. The second kappa shape index (κ2) is 9.06. The largest absolute Gasteiger partial charge is 0.496 e. The first kappa shape index (κ1) is 23.7. The highest BCUT2D eigenvalue weighted by molar-refractivity contribution is 6.32. The van der Waals surface area contributed by atoms with Crippen molar-refractivity contribution in [3.63, 3.8) is 0 Å². The molecule has 0 saturated carbocycles. The van der Waals surface area contributed by atoms with Crippen LogP contribution in [0.25, 0.3) is 27.9 Å². The molecule has 0 aliphatic carbocycles. The number of methoxy groups -OCH3 is 1. The third kappa shape index (κ3) is 3.90. The van der Waals surface area contributed by atoms with Crippen molar-refractivity contribution in [1.29, 1.82) is 0 Å². The van der Waals surface area contributed by atoms with Gasteiger partial charge in [0, 0.05) is 36.4 Å². The molecule has 1 atom stereocenters. The maximum Gasteiger partial charge on any atom is 0.162 e. The van der Waals surface area contributed by atoms with Gasteiger partial charge in [0.1, 0.15) is 12.1 Å². The van der Waals surface area contributed by atoms with Crippen molar-refractivity contribution in [3.8, 4) is 16.9 Å². The zero-order valence-corrected chi connectivity index (χ0v) is 21.4. The van der Waals surface area contributed by atoms with Crippen molar-refractivity contribution in [2.24, 2.45) is 0 Å². The van der Waals surface area contributed by atoms with E-state index >= 15 is 0 Å². The highest BCUT2D eigenvalue weighted by atomic mass is 35.5. The van der Waals surface area contributed by atoms with Crippen LogP contribution in [0.3, 0.4) is 0 Å². The average Bonchev–Trinajstić information content (AvgIpc) is 3.17. The maximum absolute atomic E-state index is 6.78. The van der Waals surface area contributed by atoms with Crippen molar-refractivity contribution in [2.75, 3.05) is 21.2 Å². The van der Waals surface area contributed by atoms with Crippen LogP contribution in [0.1, 0.15) is 41.2 Å². The Morgan fingerprint density at radius 2 is 1.85 bits per heavy atom. The predicted molar refractivity (Wildman–Crippen MR) is 137 cm³/mol. The molecule has 4 rings (SSSR count). The van der Waals surface area contributed by atoms with Crippen LogP contribution in [0, 0.1) is 20.8 Å². The van der Waals surface area contributed by atoms with Gasteiger partial charge in [0.05, 0.1) is 41.3 Å². The summed E-state index contributed by atoms with van der Waals surface area (Å²) in [6, 6.07) is 5.76. The van der Waals surface area contributed by atoms with Gasteiger partial charge in [0.2, 0.25) is 0 Å². The van der Waals surface area contributed by atoms with Crippen molar-refractivity contribution >= 4 is 28.3 Å².